The SMILES string of the molecule is CCC(CC)C(=O)NCCC(O)c1ccoc1. The molecule has 0 radical (unpaired) electrons. The molecule has 1 aromatic heterocycles. The number of carbonyl (C=O) groups is 1. The molecule has 0 spiro atoms. The Morgan fingerprint density at radius 2 is 2.18 bits per heavy atom. The van der Waals surface area contributed by atoms with E-state index in [1.807, 2.05) is 13.8 Å². The summed E-state index contributed by atoms with van der Waals surface area (Å²) in [6.45, 7) is 4.50. The van der Waals surface area contributed by atoms with Gasteiger partial charge in [-0.15, -0.1) is 0 Å². The van der Waals surface area contributed by atoms with E-state index in [1.54, 1.807) is 6.07 Å². The molecule has 1 rings (SSSR count). The van der Waals surface area contributed by atoms with Crippen LogP contribution in [0.3, 0.4) is 0 Å². The highest BCUT2D eigenvalue weighted by molar-refractivity contribution is 5.78. The second-order valence-corrected chi connectivity index (χ2v) is 4.17. The molecule has 0 saturated heterocycles. The summed E-state index contributed by atoms with van der Waals surface area (Å²) in [6, 6.07) is 1.73. The van der Waals surface area contributed by atoms with E-state index in [0.29, 0.717) is 13.0 Å². The highest BCUT2D eigenvalue weighted by Crippen LogP contribution is 2.16. The van der Waals surface area contributed by atoms with Gasteiger partial charge >= 0.3 is 0 Å². The second kappa shape index (κ2) is 7.12. The molecule has 96 valence electrons. The third-order valence-corrected chi connectivity index (χ3v) is 3.00. The monoisotopic (exact) mass is 239 g/mol. The molecule has 0 aliphatic heterocycles. The molecule has 1 aromatic rings. The molecular formula is C13H21NO3. The van der Waals surface area contributed by atoms with Crippen LogP contribution in [-0.2, 0) is 4.79 Å². The number of furan rings is 1. The Labute approximate surface area is 102 Å². The first-order chi connectivity index (χ1) is 8.19. The first-order valence-corrected chi connectivity index (χ1v) is 6.16. The average molecular weight is 239 g/mol. The van der Waals surface area contributed by atoms with Gasteiger partial charge in [-0.2, -0.15) is 0 Å². The van der Waals surface area contributed by atoms with Crippen molar-refractivity contribution in [2.24, 2.45) is 5.92 Å². The van der Waals surface area contributed by atoms with Crippen molar-refractivity contribution in [3.63, 3.8) is 0 Å². The number of aliphatic hydroxyl groups excluding tert-OH is 1. The van der Waals surface area contributed by atoms with Crippen molar-refractivity contribution in [2.75, 3.05) is 6.54 Å². The van der Waals surface area contributed by atoms with Crippen LogP contribution in [0.1, 0.15) is 44.8 Å². The maximum absolute atomic E-state index is 11.7. The Hall–Kier alpha value is -1.29. The van der Waals surface area contributed by atoms with Gasteiger partial charge in [0.05, 0.1) is 18.6 Å². The molecule has 0 aliphatic rings. The Morgan fingerprint density at radius 1 is 1.47 bits per heavy atom. The molecule has 2 N–H and O–H groups in total. The maximum Gasteiger partial charge on any atom is 0.223 e. The number of nitrogens with one attached hydrogen (secondary N) is 1. The lowest BCUT2D eigenvalue weighted by Crippen LogP contribution is -2.31. The fourth-order valence-corrected chi connectivity index (χ4v) is 1.77. The predicted molar refractivity (Wildman–Crippen MR) is 65.4 cm³/mol. The van der Waals surface area contributed by atoms with E-state index in [1.165, 1.54) is 12.5 Å². The Morgan fingerprint density at radius 3 is 2.71 bits per heavy atom. The smallest absolute Gasteiger partial charge is 0.223 e. The topological polar surface area (TPSA) is 62.5 Å². The summed E-state index contributed by atoms with van der Waals surface area (Å²) in [5.41, 5.74) is 0.752. The fourth-order valence-electron chi connectivity index (χ4n) is 1.77. The maximum atomic E-state index is 11.7. The van der Waals surface area contributed by atoms with Crippen LogP contribution >= 0.6 is 0 Å². The van der Waals surface area contributed by atoms with Gasteiger partial charge in [0.2, 0.25) is 5.91 Å². The molecule has 0 aromatic carbocycles. The molecule has 1 heterocycles. The zero-order chi connectivity index (χ0) is 12.7. The van der Waals surface area contributed by atoms with Crippen LogP contribution in [0.2, 0.25) is 0 Å². The van der Waals surface area contributed by atoms with Gasteiger partial charge in [-0.05, 0) is 25.3 Å². The Bertz CT molecular complexity index is 317. The van der Waals surface area contributed by atoms with Crippen molar-refractivity contribution in [3.8, 4) is 0 Å². The van der Waals surface area contributed by atoms with E-state index in [4.69, 9.17) is 4.42 Å². The Balaban J connectivity index is 2.26. The van der Waals surface area contributed by atoms with Crippen molar-refractivity contribution in [3.05, 3.63) is 24.2 Å². The normalized spacial score (nSPS) is 12.7. The van der Waals surface area contributed by atoms with E-state index in [2.05, 4.69) is 5.32 Å². The standard InChI is InChI=1S/C13H21NO3/c1-3-10(4-2)13(16)14-7-5-12(15)11-6-8-17-9-11/h6,8-10,12,15H,3-5,7H2,1-2H3,(H,14,16). The highest BCUT2D eigenvalue weighted by Gasteiger charge is 2.14. The molecule has 1 amide bonds. The first kappa shape index (κ1) is 13.8. The van der Waals surface area contributed by atoms with Crippen molar-refractivity contribution >= 4 is 5.91 Å². The van der Waals surface area contributed by atoms with Gasteiger partial charge < -0.3 is 14.8 Å². The van der Waals surface area contributed by atoms with Gasteiger partial charge in [0, 0.05) is 18.0 Å². The summed E-state index contributed by atoms with van der Waals surface area (Å²) >= 11 is 0. The summed E-state index contributed by atoms with van der Waals surface area (Å²) in [5.74, 6) is 0.162. The molecule has 1 atom stereocenters. The fraction of sp³-hybridized carbons (Fsp3) is 0.615. The molecule has 0 saturated carbocycles. The Kier molecular flexibility index (Phi) is 5.77. The second-order valence-electron chi connectivity index (χ2n) is 4.17. The van der Waals surface area contributed by atoms with Gasteiger partial charge in [0.25, 0.3) is 0 Å². The van der Waals surface area contributed by atoms with E-state index in [9.17, 15) is 9.90 Å². The number of amides is 1. The molecule has 1 unspecified atom stereocenters. The third kappa shape index (κ3) is 4.23. The molecule has 4 nitrogen and oxygen atoms in total. The summed E-state index contributed by atoms with van der Waals surface area (Å²) in [5, 5.41) is 12.6. The summed E-state index contributed by atoms with van der Waals surface area (Å²) in [4.78, 5) is 11.7. The van der Waals surface area contributed by atoms with Crippen LogP contribution in [-0.4, -0.2) is 17.6 Å². The number of rotatable bonds is 7. The minimum atomic E-state index is -0.573. The molecule has 17 heavy (non-hydrogen) atoms. The number of hydrogen-bond acceptors (Lipinski definition) is 3. The zero-order valence-electron chi connectivity index (χ0n) is 10.5. The van der Waals surface area contributed by atoms with Gasteiger partial charge in [0.15, 0.2) is 0 Å². The first-order valence-electron chi connectivity index (χ1n) is 6.16. The van der Waals surface area contributed by atoms with Crippen LogP contribution in [0.15, 0.2) is 23.0 Å². The van der Waals surface area contributed by atoms with Crippen LogP contribution in [0.25, 0.3) is 0 Å². The van der Waals surface area contributed by atoms with Gasteiger partial charge in [0.1, 0.15) is 0 Å². The van der Waals surface area contributed by atoms with Gasteiger partial charge in [-0.1, -0.05) is 13.8 Å². The van der Waals surface area contributed by atoms with E-state index in [0.717, 1.165) is 18.4 Å². The quantitative estimate of drug-likeness (QED) is 0.767. The number of hydrogen-bond donors (Lipinski definition) is 2. The van der Waals surface area contributed by atoms with Crippen LogP contribution < -0.4 is 5.32 Å². The van der Waals surface area contributed by atoms with Gasteiger partial charge in [-0.3, -0.25) is 4.79 Å². The van der Waals surface area contributed by atoms with Crippen molar-refractivity contribution in [2.45, 2.75) is 39.2 Å². The average Bonchev–Trinajstić information content (AvgIpc) is 2.84. The number of carbonyl (C=O) groups excluding carboxylic acids is 1. The lowest BCUT2D eigenvalue weighted by molar-refractivity contribution is -0.125. The molecule has 0 fully saturated rings. The molecule has 0 bridgehead atoms. The van der Waals surface area contributed by atoms with Crippen LogP contribution in [0.4, 0.5) is 0 Å². The summed E-state index contributed by atoms with van der Waals surface area (Å²) < 4.78 is 4.89. The molecule has 4 heteroatoms. The zero-order valence-corrected chi connectivity index (χ0v) is 10.5. The van der Waals surface area contributed by atoms with Crippen LogP contribution in [0, 0.1) is 5.92 Å². The number of aliphatic hydroxyl groups is 1. The van der Waals surface area contributed by atoms with Crippen molar-refractivity contribution < 1.29 is 14.3 Å². The van der Waals surface area contributed by atoms with E-state index < -0.39 is 6.10 Å². The third-order valence-electron chi connectivity index (χ3n) is 3.00. The van der Waals surface area contributed by atoms with Gasteiger partial charge in [-0.25, -0.2) is 0 Å². The summed E-state index contributed by atoms with van der Waals surface area (Å²) in [7, 11) is 0. The van der Waals surface area contributed by atoms with Crippen molar-refractivity contribution in [1.82, 2.24) is 5.32 Å². The minimum absolute atomic E-state index is 0.0781. The molecule has 0 aliphatic carbocycles. The summed E-state index contributed by atoms with van der Waals surface area (Å²) in [6.07, 6.45) is 4.69. The van der Waals surface area contributed by atoms with Crippen molar-refractivity contribution in [1.29, 1.82) is 0 Å². The van der Waals surface area contributed by atoms with E-state index in [-0.39, 0.29) is 11.8 Å². The minimum Gasteiger partial charge on any atom is -0.472 e. The van der Waals surface area contributed by atoms with Crippen LogP contribution in [0.5, 0.6) is 0 Å². The lowest BCUT2D eigenvalue weighted by atomic mass is 10.0. The largest absolute Gasteiger partial charge is 0.472 e. The highest BCUT2D eigenvalue weighted by atomic mass is 16.3. The predicted octanol–water partition coefficient (Wildman–Crippen LogP) is 2.26. The van der Waals surface area contributed by atoms with E-state index >= 15 is 0 Å². The lowest BCUT2D eigenvalue weighted by Gasteiger charge is -2.14. The molecular weight excluding hydrogens is 218 g/mol.